The molecule has 2 fully saturated rings. The Morgan fingerprint density at radius 2 is 1.81 bits per heavy atom. The first-order valence-electron chi connectivity index (χ1n) is 17.5. The van der Waals surface area contributed by atoms with Crippen molar-refractivity contribution in [3.05, 3.63) is 56.9 Å². The van der Waals surface area contributed by atoms with Gasteiger partial charge in [0.25, 0.3) is 5.56 Å². The molecule has 2 aromatic heterocycles. The fourth-order valence-electron chi connectivity index (χ4n) is 8.27. The highest BCUT2D eigenvalue weighted by atomic mass is 16.6. The van der Waals surface area contributed by atoms with Crippen LogP contribution < -0.4 is 10.3 Å². The first-order chi connectivity index (χ1) is 22.7. The van der Waals surface area contributed by atoms with Crippen LogP contribution in [0.5, 0.6) is 5.75 Å². The van der Waals surface area contributed by atoms with Crippen LogP contribution in [0.2, 0.25) is 0 Å². The Morgan fingerprint density at radius 1 is 1.04 bits per heavy atom. The normalized spacial score (nSPS) is 21.9. The summed E-state index contributed by atoms with van der Waals surface area (Å²) in [5.74, 6) is -0.217. The smallest absolute Gasteiger partial charge is 0.343 e. The van der Waals surface area contributed by atoms with Gasteiger partial charge in [0.1, 0.15) is 12.4 Å². The van der Waals surface area contributed by atoms with Crippen molar-refractivity contribution in [2.75, 3.05) is 32.7 Å². The third-order valence-corrected chi connectivity index (χ3v) is 10.6. The molecular formula is C37H46N4O6. The highest BCUT2D eigenvalue weighted by Gasteiger charge is 2.48. The van der Waals surface area contributed by atoms with Crippen molar-refractivity contribution < 1.29 is 23.8 Å². The summed E-state index contributed by atoms with van der Waals surface area (Å²) < 4.78 is 19.4. The number of hydrogen-bond donors (Lipinski definition) is 0. The first kappa shape index (κ1) is 32.0. The second kappa shape index (κ2) is 12.8. The molecule has 0 unspecified atom stereocenters. The third kappa shape index (κ3) is 5.68. The number of aromatic nitrogens is 2. The van der Waals surface area contributed by atoms with Crippen molar-refractivity contribution in [1.29, 1.82) is 0 Å². The Morgan fingerprint density at radius 3 is 2.51 bits per heavy atom. The first-order valence-corrected chi connectivity index (χ1v) is 17.5. The molecular weight excluding hydrogens is 596 g/mol. The van der Waals surface area contributed by atoms with E-state index in [2.05, 4.69) is 16.7 Å². The molecule has 2 saturated heterocycles. The number of nitrogens with zero attached hydrogens (tertiary/aromatic N) is 4. The van der Waals surface area contributed by atoms with E-state index < -0.39 is 11.6 Å². The maximum atomic E-state index is 13.9. The van der Waals surface area contributed by atoms with Crippen molar-refractivity contribution in [3.8, 4) is 17.1 Å². The van der Waals surface area contributed by atoms with E-state index in [1.54, 1.807) is 10.6 Å². The van der Waals surface area contributed by atoms with E-state index in [4.69, 9.17) is 19.2 Å². The van der Waals surface area contributed by atoms with Crippen LogP contribution in [0.25, 0.3) is 22.3 Å². The van der Waals surface area contributed by atoms with Crippen molar-refractivity contribution >= 4 is 22.8 Å². The Labute approximate surface area is 276 Å². The zero-order chi connectivity index (χ0) is 32.9. The van der Waals surface area contributed by atoms with Crippen LogP contribution >= 0.6 is 0 Å². The van der Waals surface area contributed by atoms with Gasteiger partial charge in [-0.25, -0.2) is 9.78 Å². The minimum Gasteiger partial charge on any atom is -0.458 e. The summed E-state index contributed by atoms with van der Waals surface area (Å²) in [6.45, 7) is 12.5. The van der Waals surface area contributed by atoms with Crippen LogP contribution in [0.4, 0.5) is 0 Å². The van der Waals surface area contributed by atoms with Crippen LogP contribution in [0, 0.1) is 0 Å². The molecule has 4 aliphatic heterocycles. The van der Waals surface area contributed by atoms with E-state index >= 15 is 0 Å². The molecule has 6 heterocycles. The largest absolute Gasteiger partial charge is 0.458 e. The number of piperidine rings is 2. The van der Waals surface area contributed by atoms with Gasteiger partial charge in [0, 0.05) is 35.6 Å². The molecule has 7 rings (SSSR count). The summed E-state index contributed by atoms with van der Waals surface area (Å²) in [6, 6.07) is 8.14. The standard InChI is InChI=1S/C37H46N4O6/c1-5-26-27-18-25(46-33(42)21-39-16-12-24(13-17-39)40-14-8-7-9-15-40)10-11-31(27)38-34-28(26)20-41-32(34)19-30-29(35(41)43)22-45-36(44)37(30,6-2)47-23(3)4/h10-11,18-19,23-24H,5-9,12-17,20-22H2,1-4H3/t37-/m0/s1. The van der Waals surface area contributed by atoms with Crippen LogP contribution in [0.15, 0.2) is 29.1 Å². The zero-order valence-electron chi connectivity index (χ0n) is 28.1. The van der Waals surface area contributed by atoms with E-state index in [1.807, 2.05) is 39.0 Å². The van der Waals surface area contributed by atoms with Crippen molar-refractivity contribution in [3.63, 3.8) is 0 Å². The number of carbonyl (C=O) groups excluding carboxylic acids is 2. The Bertz CT molecular complexity index is 1770. The summed E-state index contributed by atoms with van der Waals surface area (Å²) >= 11 is 0. The molecule has 0 aliphatic carbocycles. The lowest BCUT2D eigenvalue weighted by atomic mass is 9.85. The number of fused-ring (bicyclic) bond motifs is 5. The molecule has 0 N–H and O–H groups in total. The lowest BCUT2D eigenvalue weighted by Gasteiger charge is -2.39. The van der Waals surface area contributed by atoms with E-state index in [9.17, 15) is 14.4 Å². The van der Waals surface area contributed by atoms with Crippen LogP contribution in [0.1, 0.15) is 88.5 Å². The molecule has 10 heteroatoms. The molecule has 3 aromatic rings. The minimum atomic E-state index is -1.34. The second-order valence-electron chi connectivity index (χ2n) is 13.8. The van der Waals surface area contributed by atoms with Gasteiger partial charge in [-0.2, -0.15) is 0 Å². The minimum absolute atomic E-state index is 0.0753. The molecule has 47 heavy (non-hydrogen) atoms. The van der Waals surface area contributed by atoms with Crippen LogP contribution in [-0.4, -0.2) is 76.2 Å². The van der Waals surface area contributed by atoms with Crippen molar-refractivity contribution in [2.45, 2.75) is 104 Å². The molecule has 1 aromatic carbocycles. The number of esters is 2. The molecule has 0 radical (unpaired) electrons. The Hall–Kier alpha value is -3.60. The van der Waals surface area contributed by atoms with Gasteiger partial charge in [-0.3, -0.25) is 14.5 Å². The summed E-state index contributed by atoms with van der Waals surface area (Å²) in [5.41, 5.74) is 3.72. The maximum absolute atomic E-state index is 13.9. The summed E-state index contributed by atoms with van der Waals surface area (Å²) in [7, 11) is 0. The van der Waals surface area contributed by atoms with Crippen LogP contribution in [0.3, 0.4) is 0 Å². The fraction of sp³-hybridized carbons (Fsp3) is 0.568. The van der Waals surface area contributed by atoms with Gasteiger partial charge < -0.3 is 23.7 Å². The number of aryl methyl sites for hydroxylation is 1. The lowest BCUT2D eigenvalue weighted by Crippen LogP contribution is -2.48. The quantitative estimate of drug-likeness (QED) is 0.196. The zero-order valence-corrected chi connectivity index (χ0v) is 28.1. The molecule has 10 nitrogen and oxygen atoms in total. The lowest BCUT2D eigenvalue weighted by molar-refractivity contribution is -0.187. The molecule has 0 saturated carbocycles. The molecule has 0 amide bonds. The number of carbonyl (C=O) groups is 2. The molecule has 4 aliphatic rings. The maximum Gasteiger partial charge on any atom is 0.343 e. The van der Waals surface area contributed by atoms with Gasteiger partial charge >= 0.3 is 11.9 Å². The van der Waals surface area contributed by atoms with E-state index in [-0.39, 0.29) is 30.8 Å². The molecule has 0 bridgehead atoms. The highest BCUT2D eigenvalue weighted by Crippen LogP contribution is 2.42. The van der Waals surface area contributed by atoms with Gasteiger partial charge in [0.2, 0.25) is 0 Å². The number of pyridine rings is 2. The number of rotatable bonds is 8. The Balaban J connectivity index is 1.14. The summed E-state index contributed by atoms with van der Waals surface area (Å²) in [6.07, 6.45) is 6.95. The average molecular weight is 643 g/mol. The predicted octanol–water partition coefficient (Wildman–Crippen LogP) is 4.93. The van der Waals surface area contributed by atoms with Gasteiger partial charge in [-0.1, -0.05) is 20.3 Å². The second-order valence-corrected chi connectivity index (χ2v) is 13.8. The van der Waals surface area contributed by atoms with Crippen molar-refractivity contribution in [2.24, 2.45) is 0 Å². The third-order valence-electron chi connectivity index (χ3n) is 10.6. The number of hydrogen-bond acceptors (Lipinski definition) is 9. The topological polar surface area (TPSA) is 103 Å². The fourth-order valence-corrected chi connectivity index (χ4v) is 8.27. The van der Waals surface area contributed by atoms with Gasteiger partial charge in [-0.05, 0) is 95.3 Å². The Kier molecular flexibility index (Phi) is 8.70. The summed E-state index contributed by atoms with van der Waals surface area (Å²) in [4.78, 5) is 50.0. The predicted molar refractivity (Wildman–Crippen MR) is 178 cm³/mol. The molecule has 0 spiro atoms. The highest BCUT2D eigenvalue weighted by molar-refractivity contribution is 5.90. The monoisotopic (exact) mass is 642 g/mol. The van der Waals surface area contributed by atoms with Crippen molar-refractivity contribution in [1.82, 2.24) is 19.4 Å². The van der Waals surface area contributed by atoms with Crippen LogP contribution in [-0.2, 0) is 44.2 Å². The number of benzene rings is 1. The number of likely N-dealkylation sites (tertiary alicyclic amines) is 2. The van der Waals surface area contributed by atoms with E-state index in [0.29, 0.717) is 48.0 Å². The van der Waals surface area contributed by atoms with Gasteiger partial charge in [0.05, 0.1) is 41.7 Å². The summed E-state index contributed by atoms with van der Waals surface area (Å²) in [5, 5.41) is 0.911. The van der Waals surface area contributed by atoms with E-state index in [0.717, 1.165) is 53.7 Å². The SMILES string of the molecule is CCc1c2c(nc3ccc(OC(=O)CN4CCC(N5CCCCC5)CC4)cc13)-c1cc3c(c(=O)n1C2)COC(=O)[C@@]3(CC)OC(C)C. The number of cyclic esters (lactones) is 1. The van der Waals surface area contributed by atoms with Gasteiger partial charge in [0.15, 0.2) is 5.60 Å². The average Bonchev–Trinajstić information content (AvgIpc) is 3.44. The number of ether oxygens (including phenoxy) is 3. The molecule has 250 valence electrons. The van der Waals surface area contributed by atoms with E-state index in [1.165, 1.54) is 32.4 Å². The van der Waals surface area contributed by atoms with Gasteiger partial charge in [-0.15, -0.1) is 0 Å². The molecule has 1 atom stereocenters.